The zero-order chi connectivity index (χ0) is 49.7. The lowest BCUT2D eigenvalue weighted by molar-refractivity contribution is 0.483. The van der Waals surface area contributed by atoms with Crippen molar-refractivity contribution in [2.24, 2.45) is 0 Å². The minimum Gasteiger partial charge on any atom is -0.457 e. The van der Waals surface area contributed by atoms with Crippen molar-refractivity contribution in [3.05, 3.63) is 211 Å². The van der Waals surface area contributed by atoms with Crippen LogP contribution in [0.25, 0.3) is 66.2 Å². The molecule has 11 aromatic rings. The summed E-state index contributed by atoms with van der Waals surface area (Å²) in [6.45, 7) is 11.9. The first-order chi connectivity index (χ1) is 34.6. The van der Waals surface area contributed by atoms with Crippen molar-refractivity contribution in [2.75, 3.05) is 16.5 Å². The fourth-order valence-electron chi connectivity index (χ4n) is 10.2. The highest BCUT2D eigenvalue weighted by Crippen LogP contribution is 2.47. The van der Waals surface area contributed by atoms with Gasteiger partial charge in [-0.3, -0.25) is 4.57 Å². The van der Waals surface area contributed by atoms with Crippen LogP contribution in [0, 0.1) is 6.85 Å². The molecule has 0 amide bonds. The van der Waals surface area contributed by atoms with Gasteiger partial charge in [0.15, 0.2) is 0 Å². The van der Waals surface area contributed by atoms with Crippen molar-refractivity contribution in [2.45, 2.75) is 59.2 Å². The summed E-state index contributed by atoms with van der Waals surface area (Å²) in [5.41, 5.74) is 13.5. The molecule has 0 aliphatic carbocycles. The molecule has 0 spiro atoms. The quantitative estimate of drug-likeness (QED) is 0.160. The Bertz CT molecular complexity index is 3840. The molecule has 8 aromatic carbocycles. The first kappa shape index (κ1) is 39.0. The van der Waals surface area contributed by atoms with Crippen LogP contribution in [-0.2, 0) is 10.8 Å². The summed E-state index contributed by atoms with van der Waals surface area (Å²) in [5.74, 6) is 1.86. The van der Waals surface area contributed by atoms with Gasteiger partial charge in [0.25, 0.3) is 0 Å². The monoisotopic (exact) mass is 900 g/mol. The van der Waals surface area contributed by atoms with Gasteiger partial charge in [0, 0.05) is 66.6 Å². The second kappa shape index (κ2) is 16.0. The van der Waals surface area contributed by atoms with E-state index in [0.717, 1.165) is 71.9 Å². The molecule has 4 heterocycles. The average molecular weight is 901 g/mol. The molecule has 0 saturated carbocycles. The Morgan fingerprint density at radius 2 is 1.01 bits per heavy atom. The molecule has 1 aliphatic rings. The molecule has 12 rings (SSSR count). The lowest BCUT2D eigenvalue weighted by Gasteiger charge is -2.29. The van der Waals surface area contributed by atoms with Crippen LogP contribution in [0.5, 0.6) is 11.5 Å². The minimum atomic E-state index is -2.44. The van der Waals surface area contributed by atoms with Crippen LogP contribution in [0.1, 0.15) is 62.3 Å². The van der Waals surface area contributed by atoms with Gasteiger partial charge in [-0.2, -0.15) is 0 Å². The number of aromatic nitrogens is 3. The van der Waals surface area contributed by atoms with E-state index in [1.165, 1.54) is 16.8 Å². The summed E-state index contributed by atoms with van der Waals surface area (Å²) < 4.78 is 37.7. The van der Waals surface area contributed by atoms with E-state index in [1.54, 1.807) is 12.3 Å². The van der Waals surface area contributed by atoms with E-state index in [2.05, 4.69) is 194 Å². The van der Waals surface area contributed by atoms with Crippen LogP contribution >= 0.6 is 0 Å². The third kappa shape index (κ3) is 7.30. The number of benzene rings is 8. The maximum atomic E-state index is 8.88. The predicted molar refractivity (Wildman–Crippen MR) is 289 cm³/mol. The highest BCUT2D eigenvalue weighted by Gasteiger charge is 2.30. The number of pyridine rings is 1. The number of para-hydroxylation sites is 5. The third-order valence-corrected chi connectivity index (χ3v) is 13.8. The highest BCUT2D eigenvalue weighted by molar-refractivity contribution is 6.10. The van der Waals surface area contributed by atoms with Crippen molar-refractivity contribution < 1.29 is 8.85 Å². The fourth-order valence-corrected chi connectivity index (χ4v) is 10.2. The molecule has 3 aromatic heterocycles. The summed E-state index contributed by atoms with van der Waals surface area (Å²) in [6, 6.07) is 64.9. The first-order valence-electron chi connectivity index (χ1n) is 25.3. The lowest BCUT2D eigenvalue weighted by Crippen LogP contribution is -2.25. The summed E-state index contributed by atoms with van der Waals surface area (Å²) in [4.78, 5) is 9.84. The van der Waals surface area contributed by atoms with Crippen molar-refractivity contribution >= 4 is 66.4 Å². The number of rotatable bonds is 7. The minimum absolute atomic E-state index is 0.0102. The Morgan fingerprint density at radius 3 is 1.65 bits per heavy atom. The van der Waals surface area contributed by atoms with E-state index < -0.39 is 6.85 Å². The van der Waals surface area contributed by atoms with Gasteiger partial charge in [-0.25, -0.2) is 4.98 Å². The molecular formula is C63H55N5O. The maximum Gasteiger partial charge on any atom is 0.137 e. The molecule has 0 atom stereocenters. The summed E-state index contributed by atoms with van der Waals surface area (Å²) >= 11 is 0. The summed E-state index contributed by atoms with van der Waals surface area (Å²) in [7, 11) is 0. The standard InChI is InChI=1S/C63H55N5O/c1-41-32-61(64-39-54(41)42-18-16-20-46(33-42)67-55-25-11-8-22-50(55)51-23-9-12-26-56(51)67)68-57-27-13-10-24-52(57)53-31-30-49(38-60(53)68)69-48-21-17-19-45(37-48)65-40-66(59-29-15-14-28-58(59)65)47-35-43(62(2,3)4)34-44(36-47)63(5,6)7/h8-39H,40H2,1-7H3/i1D3. The zero-order valence-corrected chi connectivity index (χ0v) is 39.8. The van der Waals surface area contributed by atoms with Gasteiger partial charge in [-0.1, -0.05) is 133 Å². The number of aryl methyl sites for hydroxylation is 1. The van der Waals surface area contributed by atoms with Crippen LogP contribution in [-0.4, -0.2) is 20.8 Å². The third-order valence-electron chi connectivity index (χ3n) is 13.8. The van der Waals surface area contributed by atoms with Gasteiger partial charge < -0.3 is 19.1 Å². The smallest absolute Gasteiger partial charge is 0.137 e. The van der Waals surface area contributed by atoms with E-state index in [-0.39, 0.29) is 16.4 Å². The number of hydrogen-bond acceptors (Lipinski definition) is 4. The Hall–Kier alpha value is -8.09. The number of fused-ring (bicyclic) bond motifs is 7. The molecule has 338 valence electrons. The fraction of sp³-hybridized carbons (Fsp3) is 0.159. The van der Waals surface area contributed by atoms with Crippen LogP contribution in [0.4, 0.5) is 22.7 Å². The Morgan fingerprint density at radius 1 is 0.464 bits per heavy atom. The van der Waals surface area contributed by atoms with Crippen LogP contribution in [0.15, 0.2) is 194 Å². The second-order valence-corrected chi connectivity index (χ2v) is 20.4. The molecule has 69 heavy (non-hydrogen) atoms. The summed E-state index contributed by atoms with van der Waals surface area (Å²) in [6.07, 6.45) is 1.72. The van der Waals surface area contributed by atoms with Gasteiger partial charge in [-0.15, -0.1) is 0 Å². The van der Waals surface area contributed by atoms with Crippen molar-refractivity contribution in [3.63, 3.8) is 0 Å². The zero-order valence-electron chi connectivity index (χ0n) is 42.8. The Kier molecular flexibility index (Phi) is 9.05. The van der Waals surface area contributed by atoms with Gasteiger partial charge in [0.2, 0.25) is 0 Å². The molecule has 6 heteroatoms. The van der Waals surface area contributed by atoms with Crippen molar-refractivity contribution in [1.29, 1.82) is 0 Å². The average Bonchev–Trinajstić information content (AvgIpc) is 4.04. The molecule has 0 radical (unpaired) electrons. The van der Waals surface area contributed by atoms with E-state index in [9.17, 15) is 0 Å². The Labute approximate surface area is 408 Å². The van der Waals surface area contributed by atoms with Crippen molar-refractivity contribution in [3.8, 4) is 34.1 Å². The van der Waals surface area contributed by atoms with E-state index in [4.69, 9.17) is 13.8 Å². The van der Waals surface area contributed by atoms with E-state index >= 15 is 0 Å². The van der Waals surface area contributed by atoms with Crippen LogP contribution in [0.3, 0.4) is 0 Å². The highest BCUT2D eigenvalue weighted by atomic mass is 16.5. The van der Waals surface area contributed by atoms with Gasteiger partial charge in [-0.05, 0) is 125 Å². The van der Waals surface area contributed by atoms with E-state index in [0.29, 0.717) is 29.5 Å². The molecule has 0 N–H and O–H groups in total. The maximum absolute atomic E-state index is 8.88. The molecule has 0 saturated heterocycles. The first-order valence-corrected chi connectivity index (χ1v) is 23.8. The largest absolute Gasteiger partial charge is 0.457 e. The number of anilines is 4. The molecular weight excluding hydrogens is 843 g/mol. The Balaban J connectivity index is 0.902. The van der Waals surface area contributed by atoms with Gasteiger partial charge in [0.05, 0.1) is 33.4 Å². The number of hydrogen-bond donors (Lipinski definition) is 0. The molecule has 0 unspecified atom stereocenters. The van der Waals surface area contributed by atoms with Gasteiger partial charge >= 0.3 is 0 Å². The number of ether oxygens (including phenoxy) is 1. The van der Waals surface area contributed by atoms with E-state index in [1.807, 2.05) is 48.5 Å². The molecule has 6 nitrogen and oxygen atoms in total. The molecule has 0 bridgehead atoms. The SMILES string of the molecule is [2H]C([2H])([2H])c1cc(-n2c3ccccc3c3ccc(Oc4cccc(N5CN(c6cc(C(C)(C)C)cc(C(C)(C)C)c6)c6ccccc65)c4)cc32)ncc1-c1cccc(-n2c3ccccc3c3ccccc32)c1. The summed E-state index contributed by atoms with van der Waals surface area (Å²) in [5, 5.41) is 4.36. The van der Waals surface area contributed by atoms with Gasteiger partial charge in [0.1, 0.15) is 24.0 Å². The van der Waals surface area contributed by atoms with Crippen LogP contribution in [0.2, 0.25) is 0 Å². The van der Waals surface area contributed by atoms with Crippen LogP contribution < -0.4 is 14.5 Å². The van der Waals surface area contributed by atoms with Crippen molar-refractivity contribution in [1.82, 2.24) is 14.1 Å². The second-order valence-electron chi connectivity index (χ2n) is 20.4. The lowest BCUT2D eigenvalue weighted by atomic mass is 9.80. The number of nitrogens with zero attached hydrogens (tertiary/aromatic N) is 5. The topological polar surface area (TPSA) is 38.5 Å². The normalized spacial score (nSPS) is 13.9. The molecule has 0 fully saturated rings. The molecule has 1 aliphatic heterocycles. The predicted octanol–water partition coefficient (Wildman–Crippen LogP) is 16.9.